The number of rotatable bonds is 2. The van der Waals surface area contributed by atoms with E-state index >= 15 is 0 Å². The number of H-pyrrole nitrogens is 1. The van der Waals surface area contributed by atoms with E-state index in [0.29, 0.717) is 23.1 Å². The quantitative estimate of drug-likeness (QED) is 0.691. The fourth-order valence-corrected chi connectivity index (χ4v) is 4.31. The van der Waals surface area contributed by atoms with E-state index in [9.17, 15) is 13.2 Å². The van der Waals surface area contributed by atoms with Gasteiger partial charge >= 0.3 is 0 Å². The van der Waals surface area contributed by atoms with Gasteiger partial charge in [-0.25, -0.2) is 8.42 Å². The van der Waals surface area contributed by atoms with Crippen LogP contribution in [-0.2, 0) is 14.8 Å². The van der Waals surface area contributed by atoms with Crippen LogP contribution in [0.4, 0.5) is 5.69 Å². The number of aromatic nitrogens is 1. The molecule has 0 radical (unpaired) electrons. The second-order valence-corrected chi connectivity index (χ2v) is 6.90. The fourth-order valence-electron chi connectivity index (χ4n) is 2.55. The Hall–Kier alpha value is -2.06. The monoisotopic (exact) mass is 308 g/mol. The number of carbonyl (C=O) groups is 1. The second kappa shape index (κ2) is 4.74. The zero-order chi connectivity index (χ0) is 15.2. The summed E-state index contributed by atoms with van der Waals surface area (Å²) in [6.45, 7) is 2.16. The summed E-state index contributed by atoms with van der Waals surface area (Å²) < 4.78 is 26.8. The average molecular weight is 308 g/mol. The van der Waals surface area contributed by atoms with Crippen molar-refractivity contribution in [1.29, 1.82) is 0 Å². The Bertz CT molecular complexity index is 812. The number of hydrogen-bond donors (Lipinski definition) is 3. The van der Waals surface area contributed by atoms with E-state index in [-0.39, 0.29) is 17.3 Å². The summed E-state index contributed by atoms with van der Waals surface area (Å²) >= 11 is 0. The molecule has 1 unspecified atom stereocenters. The Morgan fingerprint density at radius 3 is 2.90 bits per heavy atom. The summed E-state index contributed by atoms with van der Waals surface area (Å²) in [6, 6.07) is 4.28. The van der Waals surface area contributed by atoms with Crippen molar-refractivity contribution in [2.75, 3.05) is 18.8 Å². The van der Waals surface area contributed by atoms with Gasteiger partial charge in [-0.1, -0.05) is 0 Å². The molecule has 1 aromatic heterocycles. The van der Waals surface area contributed by atoms with Crippen molar-refractivity contribution >= 4 is 32.5 Å². The maximum absolute atomic E-state index is 12.8. The van der Waals surface area contributed by atoms with E-state index in [1.165, 1.54) is 10.5 Å². The molecule has 1 atom stereocenters. The SMILES string of the molecule is CC1C(=O)NCCN1S(=O)(=O)c1c[nH]c2cc(N)ccc12. The van der Waals surface area contributed by atoms with Gasteiger partial charge in [0.2, 0.25) is 15.9 Å². The predicted octanol–water partition coefficient (Wildman–Crippen LogP) is 0.259. The maximum Gasteiger partial charge on any atom is 0.245 e. The molecule has 21 heavy (non-hydrogen) atoms. The number of hydrogen-bond acceptors (Lipinski definition) is 4. The molecule has 2 aromatic rings. The largest absolute Gasteiger partial charge is 0.399 e. The van der Waals surface area contributed by atoms with Crippen LogP contribution >= 0.6 is 0 Å². The molecular formula is C13H16N4O3S. The lowest BCUT2D eigenvalue weighted by atomic mass is 10.2. The van der Waals surface area contributed by atoms with E-state index in [0.717, 1.165) is 0 Å². The van der Waals surface area contributed by atoms with Crippen molar-refractivity contribution in [2.24, 2.45) is 0 Å². The summed E-state index contributed by atoms with van der Waals surface area (Å²) in [5.41, 5.74) is 6.90. The van der Waals surface area contributed by atoms with Crippen molar-refractivity contribution in [3.8, 4) is 0 Å². The first-order chi connectivity index (χ1) is 9.91. The molecular weight excluding hydrogens is 292 g/mol. The Labute approximate surface area is 122 Å². The Kier molecular flexibility index (Phi) is 3.14. The summed E-state index contributed by atoms with van der Waals surface area (Å²) in [5.74, 6) is -0.283. The van der Waals surface area contributed by atoms with Crippen LogP contribution in [0.5, 0.6) is 0 Å². The molecule has 7 nitrogen and oxygen atoms in total. The summed E-state index contributed by atoms with van der Waals surface area (Å²) in [5, 5.41) is 3.23. The molecule has 112 valence electrons. The van der Waals surface area contributed by atoms with Crippen LogP contribution in [0.3, 0.4) is 0 Å². The number of nitrogens with zero attached hydrogens (tertiary/aromatic N) is 1. The van der Waals surface area contributed by atoms with Gasteiger partial charge in [-0.15, -0.1) is 0 Å². The molecule has 1 aromatic carbocycles. The molecule has 3 rings (SSSR count). The minimum atomic E-state index is -3.74. The molecule has 0 saturated carbocycles. The number of nitrogens with one attached hydrogen (secondary N) is 2. The topological polar surface area (TPSA) is 108 Å². The number of anilines is 1. The van der Waals surface area contributed by atoms with Gasteiger partial charge in [-0.3, -0.25) is 4.79 Å². The molecule has 1 fully saturated rings. The Balaban J connectivity index is 2.10. The van der Waals surface area contributed by atoms with Crippen molar-refractivity contribution < 1.29 is 13.2 Å². The number of nitrogens with two attached hydrogens (primary N) is 1. The lowest BCUT2D eigenvalue weighted by Crippen LogP contribution is -2.55. The van der Waals surface area contributed by atoms with E-state index in [1.807, 2.05) is 0 Å². The highest BCUT2D eigenvalue weighted by atomic mass is 32.2. The van der Waals surface area contributed by atoms with Crippen LogP contribution in [-0.4, -0.2) is 42.7 Å². The highest BCUT2D eigenvalue weighted by molar-refractivity contribution is 7.89. The molecule has 1 amide bonds. The van der Waals surface area contributed by atoms with Crippen LogP contribution in [0, 0.1) is 0 Å². The van der Waals surface area contributed by atoms with Gasteiger partial charge in [0.05, 0.1) is 0 Å². The molecule has 1 saturated heterocycles. The van der Waals surface area contributed by atoms with E-state index in [4.69, 9.17) is 5.73 Å². The number of nitrogen functional groups attached to an aromatic ring is 1. The van der Waals surface area contributed by atoms with Crippen LogP contribution in [0.1, 0.15) is 6.92 Å². The Morgan fingerprint density at radius 1 is 1.38 bits per heavy atom. The lowest BCUT2D eigenvalue weighted by molar-refractivity contribution is -0.126. The van der Waals surface area contributed by atoms with Gasteiger partial charge in [-0.2, -0.15) is 4.31 Å². The van der Waals surface area contributed by atoms with Gasteiger partial charge in [-0.05, 0) is 25.1 Å². The summed E-state index contributed by atoms with van der Waals surface area (Å²) in [6.07, 6.45) is 1.44. The van der Waals surface area contributed by atoms with Gasteiger partial charge in [0.1, 0.15) is 10.9 Å². The first kappa shape index (κ1) is 13.9. The van der Waals surface area contributed by atoms with Gasteiger partial charge in [0, 0.05) is 35.9 Å². The maximum atomic E-state index is 12.8. The van der Waals surface area contributed by atoms with Crippen LogP contribution < -0.4 is 11.1 Å². The number of benzene rings is 1. The molecule has 4 N–H and O–H groups in total. The minimum Gasteiger partial charge on any atom is -0.399 e. The van der Waals surface area contributed by atoms with E-state index in [1.54, 1.807) is 25.1 Å². The third kappa shape index (κ3) is 2.16. The standard InChI is InChI=1S/C13H16N4O3S/c1-8-13(18)15-4-5-17(8)21(19,20)12-7-16-11-6-9(14)2-3-10(11)12/h2-3,6-8,16H,4-5,14H2,1H3,(H,15,18). The molecule has 0 aliphatic carbocycles. The van der Waals surface area contributed by atoms with Crippen LogP contribution in [0.25, 0.3) is 10.9 Å². The number of piperazine rings is 1. The molecule has 0 bridgehead atoms. The first-order valence-corrected chi connectivity index (χ1v) is 8.01. The predicted molar refractivity (Wildman–Crippen MR) is 79.1 cm³/mol. The summed E-state index contributed by atoms with van der Waals surface area (Å²) in [7, 11) is -3.74. The van der Waals surface area contributed by atoms with Crippen molar-refractivity contribution in [3.63, 3.8) is 0 Å². The van der Waals surface area contributed by atoms with Crippen molar-refractivity contribution in [1.82, 2.24) is 14.6 Å². The second-order valence-electron chi connectivity index (χ2n) is 5.04. The van der Waals surface area contributed by atoms with Gasteiger partial charge < -0.3 is 16.0 Å². The number of sulfonamides is 1. The zero-order valence-corrected chi connectivity index (χ0v) is 12.3. The Morgan fingerprint density at radius 2 is 2.14 bits per heavy atom. The normalized spacial score (nSPS) is 20.6. The smallest absolute Gasteiger partial charge is 0.245 e. The molecule has 1 aliphatic heterocycles. The number of fused-ring (bicyclic) bond motifs is 1. The van der Waals surface area contributed by atoms with E-state index in [2.05, 4.69) is 10.3 Å². The zero-order valence-electron chi connectivity index (χ0n) is 11.5. The molecule has 2 heterocycles. The van der Waals surface area contributed by atoms with Gasteiger partial charge in [0.15, 0.2) is 0 Å². The van der Waals surface area contributed by atoms with E-state index < -0.39 is 16.1 Å². The average Bonchev–Trinajstić information content (AvgIpc) is 2.85. The molecule has 1 aliphatic rings. The third-order valence-electron chi connectivity index (χ3n) is 3.70. The number of aromatic amines is 1. The fraction of sp³-hybridized carbons (Fsp3) is 0.308. The van der Waals surface area contributed by atoms with Crippen molar-refractivity contribution in [3.05, 3.63) is 24.4 Å². The first-order valence-electron chi connectivity index (χ1n) is 6.57. The molecule has 0 spiro atoms. The third-order valence-corrected chi connectivity index (χ3v) is 5.71. The van der Waals surface area contributed by atoms with Crippen molar-refractivity contribution in [2.45, 2.75) is 17.9 Å². The highest BCUT2D eigenvalue weighted by Crippen LogP contribution is 2.28. The summed E-state index contributed by atoms with van der Waals surface area (Å²) in [4.78, 5) is 14.8. The minimum absolute atomic E-state index is 0.166. The van der Waals surface area contributed by atoms with Crippen LogP contribution in [0.15, 0.2) is 29.3 Å². The van der Waals surface area contributed by atoms with Gasteiger partial charge in [0.25, 0.3) is 0 Å². The lowest BCUT2D eigenvalue weighted by Gasteiger charge is -2.31. The molecule has 8 heteroatoms. The highest BCUT2D eigenvalue weighted by Gasteiger charge is 2.36. The number of carbonyl (C=O) groups excluding carboxylic acids is 1. The van der Waals surface area contributed by atoms with Crippen LogP contribution in [0.2, 0.25) is 0 Å². The number of amides is 1.